The molecule has 3 rings (SSSR count). The zero-order valence-corrected chi connectivity index (χ0v) is 9.84. The van der Waals surface area contributed by atoms with Gasteiger partial charge in [-0.25, -0.2) is 0 Å². The highest BCUT2D eigenvalue weighted by Crippen LogP contribution is 2.50. The van der Waals surface area contributed by atoms with E-state index < -0.39 is 0 Å². The Morgan fingerprint density at radius 2 is 2.20 bits per heavy atom. The molecular weight excluding hydrogens is 254 g/mol. The van der Waals surface area contributed by atoms with E-state index in [1.165, 1.54) is 10.9 Å². The molecule has 2 N–H and O–H groups in total. The van der Waals surface area contributed by atoms with Gasteiger partial charge in [-0.05, 0) is 30.5 Å². The molecule has 1 aromatic heterocycles. The summed E-state index contributed by atoms with van der Waals surface area (Å²) in [5.74, 6) is 0. The number of hydrogen-bond donors (Lipinski definition) is 2. The van der Waals surface area contributed by atoms with Crippen molar-refractivity contribution in [3.63, 3.8) is 0 Å². The summed E-state index contributed by atoms with van der Waals surface area (Å²) in [6, 6.07) is 6.13. The molecule has 0 atom stereocenters. The van der Waals surface area contributed by atoms with Crippen molar-refractivity contribution in [2.75, 3.05) is 6.61 Å². The number of aliphatic hydroxyl groups excluding tert-OH is 1. The maximum Gasteiger partial charge on any atom is 0.0528 e. The van der Waals surface area contributed by atoms with Gasteiger partial charge in [-0.3, -0.25) is 0 Å². The van der Waals surface area contributed by atoms with Crippen LogP contribution in [0.1, 0.15) is 18.4 Å². The second-order valence-electron chi connectivity index (χ2n) is 4.30. The van der Waals surface area contributed by atoms with Crippen LogP contribution in [0.2, 0.25) is 0 Å². The molecule has 1 aliphatic rings. The number of aromatic nitrogens is 1. The van der Waals surface area contributed by atoms with E-state index >= 15 is 0 Å². The molecule has 0 bridgehead atoms. The molecule has 15 heavy (non-hydrogen) atoms. The predicted octanol–water partition coefficient (Wildman–Crippen LogP) is 2.95. The van der Waals surface area contributed by atoms with Crippen LogP contribution < -0.4 is 0 Å². The van der Waals surface area contributed by atoms with Crippen LogP contribution in [0.5, 0.6) is 0 Å². The Labute approximate surface area is 96.4 Å². The molecule has 1 aromatic carbocycles. The van der Waals surface area contributed by atoms with Crippen LogP contribution >= 0.6 is 15.9 Å². The van der Waals surface area contributed by atoms with Crippen LogP contribution in [0.4, 0.5) is 0 Å². The largest absolute Gasteiger partial charge is 0.395 e. The van der Waals surface area contributed by atoms with Gasteiger partial charge in [-0.2, -0.15) is 0 Å². The molecule has 1 fully saturated rings. The lowest BCUT2D eigenvalue weighted by Crippen LogP contribution is -2.11. The van der Waals surface area contributed by atoms with Crippen LogP contribution in [0, 0.1) is 0 Å². The number of H-pyrrole nitrogens is 1. The monoisotopic (exact) mass is 265 g/mol. The van der Waals surface area contributed by atoms with Crippen LogP contribution in [0.25, 0.3) is 10.9 Å². The Morgan fingerprint density at radius 1 is 1.40 bits per heavy atom. The van der Waals surface area contributed by atoms with E-state index in [9.17, 15) is 5.11 Å². The number of aromatic amines is 1. The van der Waals surface area contributed by atoms with Gasteiger partial charge in [0.1, 0.15) is 0 Å². The molecule has 2 nitrogen and oxygen atoms in total. The van der Waals surface area contributed by atoms with E-state index in [-0.39, 0.29) is 12.0 Å². The van der Waals surface area contributed by atoms with Crippen molar-refractivity contribution in [1.29, 1.82) is 0 Å². The highest BCUT2D eigenvalue weighted by molar-refractivity contribution is 9.10. The summed E-state index contributed by atoms with van der Waals surface area (Å²) in [4.78, 5) is 3.27. The van der Waals surface area contributed by atoms with E-state index in [0.717, 1.165) is 22.8 Å². The molecule has 0 amide bonds. The molecule has 0 spiro atoms. The summed E-state index contributed by atoms with van der Waals surface area (Å²) < 4.78 is 1.11. The number of halogens is 1. The van der Waals surface area contributed by atoms with E-state index in [1.807, 2.05) is 18.3 Å². The van der Waals surface area contributed by atoms with Crippen molar-refractivity contribution in [2.45, 2.75) is 18.3 Å². The molecule has 0 saturated heterocycles. The van der Waals surface area contributed by atoms with Crippen LogP contribution in [0.15, 0.2) is 28.9 Å². The molecule has 1 aliphatic carbocycles. The molecule has 2 aromatic rings. The third-order valence-electron chi connectivity index (χ3n) is 3.38. The maximum atomic E-state index is 9.45. The number of hydrogen-bond acceptors (Lipinski definition) is 1. The molecule has 0 aliphatic heterocycles. The standard InChI is InChI=1S/C12H12BrNO/c13-9-2-1-3-10-11(9)8(6-14-10)12(7-15)4-5-12/h1-3,6,14-15H,4-5,7H2. The van der Waals surface area contributed by atoms with Crippen LogP contribution in [-0.2, 0) is 5.41 Å². The fourth-order valence-corrected chi connectivity index (χ4v) is 2.80. The van der Waals surface area contributed by atoms with Gasteiger partial charge in [0.2, 0.25) is 0 Å². The van der Waals surface area contributed by atoms with Crippen molar-refractivity contribution in [3.8, 4) is 0 Å². The Morgan fingerprint density at radius 3 is 2.87 bits per heavy atom. The summed E-state index contributed by atoms with van der Waals surface area (Å²) in [6.45, 7) is 0.251. The van der Waals surface area contributed by atoms with Gasteiger partial charge in [0.25, 0.3) is 0 Å². The third kappa shape index (κ3) is 1.26. The maximum absolute atomic E-state index is 9.45. The lowest BCUT2D eigenvalue weighted by atomic mass is 9.96. The van der Waals surface area contributed by atoms with Crippen molar-refractivity contribution < 1.29 is 5.11 Å². The Hall–Kier alpha value is -0.800. The highest BCUT2D eigenvalue weighted by Gasteiger charge is 2.45. The second kappa shape index (κ2) is 3.09. The molecular formula is C12H12BrNO. The molecule has 1 saturated carbocycles. The minimum absolute atomic E-state index is 0.0299. The molecule has 3 heteroatoms. The molecule has 1 heterocycles. The van der Waals surface area contributed by atoms with Gasteiger partial charge in [-0.1, -0.05) is 22.0 Å². The lowest BCUT2D eigenvalue weighted by Gasteiger charge is -2.10. The van der Waals surface area contributed by atoms with Crippen molar-refractivity contribution >= 4 is 26.8 Å². The minimum atomic E-state index is 0.0299. The first-order valence-electron chi connectivity index (χ1n) is 5.14. The molecule has 0 radical (unpaired) electrons. The van der Waals surface area contributed by atoms with Gasteiger partial charge in [0.15, 0.2) is 0 Å². The summed E-state index contributed by atoms with van der Waals surface area (Å²) in [6.07, 6.45) is 4.23. The first-order valence-corrected chi connectivity index (χ1v) is 5.93. The first-order chi connectivity index (χ1) is 7.27. The fourth-order valence-electron chi connectivity index (χ4n) is 2.22. The van der Waals surface area contributed by atoms with Crippen LogP contribution in [-0.4, -0.2) is 16.7 Å². The summed E-state index contributed by atoms with van der Waals surface area (Å²) in [5, 5.41) is 10.7. The number of nitrogens with one attached hydrogen (secondary N) is 1. The van der Waals surface area contributed by atoms with Gasteiger partial charge in [0.05, 0.1) is 6.61 Å². The number of benzene rings is 1. The van der Waals surface area contributed by atoms with E-state index in [1.54, 1.807) is 0 Å². The lowest BCUT2D eigenvalue weighted by molar-refractivity contribution is 0.256. The molecule has 0 unspecified atom stereocenters. The van der Waals surface area contributed by atoms with Gasteiger partial charge in [-0.15, -0.1) is 0 Å². The number of aliphatic hydroxyl groups is 1. The zero-order valence-electron chi connectivity index (χ0n) is 8.26. The topological polar surface area (TPSA) is 36.0 Å². The van der Waals surface area contributed by atoms with E-state index in [2.05, 4.69) is 27.0 Å². The fraction of sp³-hybridized carbons (Fsp3) is 0.333. The molecule has 78 valence electrons. The zero-order chi connectivity index (χ0) is 10.5. The smallest absolute Gasteiger partial charge is 0.0528 e. The predicted molar refractivity (Wildman–Crippen MR) is 64.0 cm³/mol. The Kier molecular flexibility index (Phi) is 1.94. The highest BCUT2D eigenvalue weighted by atomic mass is 79.9. The number of fused-ring (bicyclic) bond motifs is 1. The van der Waals surface area contributed by atoms with Gasteiger partial charge >= 0.3 is 0 Å². The van der Waals surface area contributed by atoms with Crippen molar-refractivity contribution in [3.05, 3.63) is 34.4 Å². The Bertz CT molecular complexity index is 513. The quantitative estimate of drug-likeness (QED) is 0.861. The minimum Gasteiger partial charge on any atom is -0.395 e. The van der Waals surface area contributed by atoms with Crippen molar-refractivity contribution in [1.82, 2.24) is 4.98 Å². The SMILES string of the molecule is OCC1(c2c[nH]c3cccc(Br)c23)CC1. The summed E-state index contributed by atoms with van der Waals surface area (Å²) in [5.41, 5.74) is 2.42. The normalized spacial score (nSPS) is 18.3. The average molecular weight is 266 g/mol. The summed E-state index contributed by atoms with van der Waals surface area (Å²) in [7, 11) is 0. The van der Waals surface area contributed by atoms with E-state index in [0.29, 0.717) is 0 Å². The third-order valence-corrected chi connectivity index (χ3v) is 4.04. The number of rotatable bonds is 2. The van der Waals surface area contributed by atoms with Gasteiger partial charge in [0, 0.05) is 27.0 Å². The summed E-state index contributed by atoms with van der Waals surface area (Å²) >= 11 is 3.57. The Balaban J connectivity index is 2.28. The van der Waals surface area contributed by atoms with Crippen molar-refractivity contribution in [2.24, 2.45) is 0 Å². The first kappa shape index (κ1) is 9.43. The second-order valence-corrected chi connectivity index (χ2v) is 5.16. The van der Waals surface area contributed by atoms with E-state index in [4.69, 9.17) is 0 Å². The van der Waals surface area contributed by atoms with Crippen LogP contribution in [0.3, 0.4) is 0 Å². The van der Waals surface area contributed by atoms with Gasteiger partial charge < -0.3 is 10.1 Å². The average Bonchev–Trinajstić information content (AvgIpc) is 2.92.